The highest BCUT2D eigenvalue weighted by Gasteiger charge is 2.30. The Hall–Kier alpha value is -1.41. The van der Waals surface area contributed by atoms with Gasteiger partial charge >= 0.3 is 0 Å². The lowest BCUT2D eigenvalue weighted by atomic mass is 9.73. The minimum absolute atomic E-state index is 0.170. The Balaban J connectivity index is 1.19. The highest BCUT2D eigenvalue weighted by Crippen LogP contribution is 2.41. The Bertz CT molecular complexity index is 750. The molecule has 0 radical (unpaired) electrons. The molecule has 0 spiro atoms. The van der Waals surface area contributed by atoms with Gasteiger partial charge < -0.3 is 0 Å². The van der Waals surface area contributed by atoms with Crippen LogP contribution in [-0.2, 0) is 6.42 Å². The van der Waals surface area contributed by atoms with Gasteiger partial charge in [-0.25, -0.2) is 4.39 Å². The van der Waals surface area contributed by atoms with E-state index in [1.165, 1.54) is 56.1 Å². The van der Waals surface area contributed by atoms with Crippen molar-refractivity contribution in [2.45, 2.75) is 82.8 Å². The van der Waals surface area contributed by atoms with Crippen LogP contribution in [-0.4, -0.2) is 8.80 Å². The summed E-state index contributed by atoms with van der Waals surface area (Å²) in [7, 11) is -0.320. The first-order valence-corrected chi connectivity index (χ1v) is 15.0. The number of benzene rings is 2. The van der Waals surface area contributed by atoms with E-state index in [-0.39, 0.29) is 14.6 Å². The zero-order valence-electron chi connectivity index (χ0n) is 18.8. The second-order valence-corrected chi connectivity index (χ2v) is 13.6. The molecule has 2 aromatic carbocycles. The summed E-state index contributed by atoms with van der Waals surface area (Å²) in [5.74, 6) is 2.89. The van der Waals surface area contributed by atoms with Gasteiger partial charge in [0.25, 0.3) is 0 Å². The van der Waals surface area contributed by atoms with E-state index in [0.29, 0.717) is 0 Å². The van der Waals surface area contributed by atoms with Crippen LogP contribution in [0.2, 0.25) is 18.1 Å². The van der Waals surface area contributed by atoms with Gasteiger partial charge in [-0.3, -0.25) is 0 Å². The van der Waals surface area contributed by atoms with Crippen molar-refractivity contribution in [3.63, 3.8) is 0 Å². The molecule has 0 bridgehead atoms. The first kappa shape index (κ1) is 21.8. The molecule has 0 aromatic heterocycles. The van der Waals surface area contributed by atoms with Gasteiger partial charge in [-0.15, -0.1) is 0 Å². The van der Waals surface area contributed by atoms with E-state index in [4.69, 9.17) is 0 Å². The van der Waals surface area contributed by atoms with Crippen molar-refractivity contribution in [3.8, 4) is 11.1 Å². The molecule has 2 fully saturated rings. The van der Waals surface area contributed by atoms with Crippen LogP contribution in [0.1, 0.15) is 63.9 Å². The van der Waals surface area contributed by atoms with Crippen molar-refractivity contribution in [1.82, 2.24) is 0 Å². The predicted octanol–water partition coefficient (Wildman–Crippen LogP) is 8.28. The van der Waals surface area contributed by atoms with Crippen LogP contribution in [0, 0.1) is 23.6 Å². The molecule has 1 saturated heterocycles. The highest BCUT2D eigenvalue weighted by atomic mass is 28.3. The Morgan fingerprint density at radius 1 is 0.767 bits per heavy atom. The molecule has 1 heterocycles. The maximum absolute atomic E-state index is 13.1. The molecule has 2 heteroatoms. The third-order valence-electron chi connectivity index (χ3n) is 8.12. The molecular formula is C28H39FSi. The zero-order valence-corrected chi connectivity index (χ0v) is 19.9. The van der Waals surface area contributed by atoms with Gasteiger partial charge in [0.15, 0.2) is 0 Å². The van der Waals surface area contributed by atoms with Gasteiger partial charge in [0.2, 0.25) is 0 Å². The predicted molar refractivity (Wildman–Crippen MR) is 130 cm³/mol. The molecule has 2 aromatic rings. The van der Waals surface area contributed by atoms with Crippen molar-refractivity contribution in [3.05, 3.63) is 59.9 Å². The van der Waals surface area contributed by atoms with Gasteiger partial charge in [0.05, 0.1) is 0 Å². The average molecular weight is 423 g/mol. The topological polar surface area (TPSA) is 0 Å². The van der Waals surface area contributed by atoms with Crippen molar-refractivity contribution >= 4 is 8.80 Å². The van der Waals surface area contributed by atoms with Gasteiger partial charge in [0.1, 0.15) is 5.82 Å². The van der Waals surface area contributed by atoms with Gasteiger partial charge in [-0.05, 0) is 72.3 Å². The number of aryl methyl sites for hydroxylation is 1. The maximum atomic E-state index is 13.1. The lowest BCUT2D eigenvalue weighted by Gasteiger charge is -2.37. The molecule has 30 heavy (non-hydrogen) atoms. The van der Waals surface area contributed by atoms with Crippen LogP contribution in [0.4, 0.5) is 4.39 Å². The van der Waals surface area contributed by atoms with Crippen LogP contribution in [0.5, 0.6) is 0 Å². The number of halogens is 1. The summed E-state index contributed by atoms with van der Waals surface area (Å²) < 4.78 is 13.1. The second-order valence-electron chi connectivity index (χ2n) is 10.1. The minimum Gasteiger partial charge on any atom is -0.207 e. The summed E-state index contributed by atoms with van der Waals surface area (Å²) in [5, 5.41) is 0. The van der Waals surface area contributed by atoms with Crippen LogP contribution in [0.3, 0.4) is 0 Å². The highest BCUT2D eigenvalue weighted by molar-refractivity contribution is 6.58. The summed E-state index contributed by atoms with van der Waals surface area (Å²) >= 11 is 0. The fraction of sp³-hybridized carbons (Fsp3) is 0.571. The van der Waals surface area contributed by atoms with Crippen molar-refractivity contribution in [2.75, 3.05) is 0 Å². The zero-order chi connectivity index (χ0) is 20.8. The summed E-state index contributed by atoms with van der Waals surface area (Å²) in [5.41, 5.74) is 3.71. The van der Waals surface area contributed by atoms with Gasteiger partial charge in [-0.1, -0.05) is 93.6 Å². The monoisotopic (exact) mass is 422 g/mol. The second kappa shape index (κ2) is 10.8. The quantitative estimate of drug-likeness (QED) is 0.394. The molecule has 4 rings (SSSR count). The molecule has 0 atom stereocenters. The Morgan fingerprint density at radius 3 is 1.93 bits per heavy atom. The van der Waals surface area contributed by atoms with Gasteiger partial charge in [-0.2, -0.15) is 0 Å². The third-order valence-corrected chi connectivity index (χ3v) is 11.8. The fourth-order valence-electron chi connectivity index (χ4n) is 6.18. The van der Waals surface area contributed by atoms with E-state index in [1.54, 1.807) is 43.1 Å². The van der Waals surface area contributed by atoms with E-state index >= 15 is 0 Å². The third kappa shape index (κ3) is 5.84. The summed E-state index contributed by atoms with van der Waals surface area (Å²) in [4.78, 5) is 0. The van der Waals surface area contributed by atoms with Crippen molar-refractivity contribution in [2.24, 2.45) is 17.8 Å². The van der Waals surface area contributed by atoms with E-state index in [0.717, 1.165) is 23.3 Å². The van der Waals surface area contributed by atoms with Gasteiger partial charge in [0, 0.05) is 8.80 Å². The van der Waals surface area contributed by atoms with Crippen LogP contribution in [0.25, 0.3) is 11.1 Å². The SMILES string of the molecule is CCC[SiH]1CCC([C@H]2CC[C@H](CCc3ccc(-c4ccc(F)cc4)cc3)CC2)CC1. The molecular weight excluding hydrogens is 383 g/mol. The number of hydrogen-bond acceptors (Lipinski definition) is 0. The van der Waals surface area contributed by atoms with E-state index in [9.17, 15) is 4.39 Å². The lowest BCUT2D eigenvalue weighted by Crippen LogP contribution is -2.28. The minimum atomic E-state index is -0.320. The maximum Gasteiger partial charge on any atom is 0.123 e. The first-order chi connectivity index (χ1) is 14.7. The van der Waals surface area contributed by atoms with Crippen LogP contribution in [0.15, 0.2) is 48.5 Å². The fourth-order valence-corrected chi connectivity index (χ4v) is 9.66. The molecule has 162 valence electrons. The van der Waals surface area contributed by atoms with Crippen LogP contribution >= 0.6 is 0 Å². The molecule has 0 nitrogen and oxygen atoms in total. The van der Waals surface area contributed by atoms with Crippen LogP contribution < -0.4 is 0 Å². The lowest BCUT2D eigenvalue weighted by molar-refractivity contribution is 0.186. The molecule has 1 aliphatic carbocycles. The first-order valence-electron chi connectivity index (χ1n) is 12.6. The van der Waals surface area contributed by atoms with E-state index in [1.807, 2.05) is 12.1 Å². The van der Waals surface area contributed by atoms with E-state index in [2.05, 4.69) is 31.2 Å². The summed E-state index contributed by atoms with van der Waals surface area (Å²) in [6, 6.07) is 20.6. The molecule has 0 unspecified atom stereocenters. The standard InChI is InChI=1S/C28H39FSi/c1-2-19-30-20-17-27(18-21-30)25-11-7-23(8-12-25)4-3-22-5-9-24(10-6-22)26-13-15-28(29)16-14-26/h5-6,9-10,13-16,23,25,27,30H,2-4,7-8,11-12,17-21H2,1H3/t23-,25-,27?,30?. The van der Waals surface area contributed by atoms with E-state index < -0.39 is 0 Å². The summed E-state index contributed by atoms with van der Waals surface area (Å²) in [6.45, 7) is 2.38. The average Bonchev–Trinajstić information content (AvgIpc) is 2.80. The molecule has 1 aliphatic heterocycles. The largest absolute Gasteiger partial charge is 0.207 e. The summed E-state index contributed by atoms with van der Waals surface area (Å²) in [6.07, 6.45) is 13.1. The number of hydrogen-bond donors (Lipinski definition) is 0. The Morgan fingerprint density at radius 2 is 1.33 bits per heavy atom. The Kier molecular flexibility index (Phi) is 7.81. The smallest absolute Gasteiger partial charge is 0.123 e. The van der Waals surface area contributed by atoms with Crippen molar-refractivity contribution < 1.29 is 4.39 Å². The van der Waals surface area contributed by atoms with Crippen molar-refractivity contribution in [1.29, 1.82) is 0 Å². The number of rotatable bonds is 7. The Labute approximate surface area is 184 Å². The normalized spacial score (nSPS) is 27.1. The molecule has 0 N–H and O–H groups in total. The molecule has 1 saturated carbocycles. The molecule has 0 amide bonds. The molecule has 2 aliphatic rings.